The third-order valence-corrected chi connectivity index (χ3v) is 7.42. The number of rotatable bonds is 6. The molecule has 2 heterocycles. The maximum absolute atomic E-state index is 13.7. The van der Waals surface area contributed by atoms with E-state index in [0.717, 1.165) is 0 Å². The smallest absolute Gasteiger partial charge is 0.287 e. The van der Waals surface area contributed by atoms with E-state index in [1.807, 2.05) is 20.8 Å². The highest BCUT2D eigenvalue weighted by atomic mass is 35.5. The Hall–Kier alpha value is -3.44. The minimum Gasteiger partial charge on any atom is -0.509 e. The highest BCUT2D eigenvalue weighted by Crippen LogP contribution is 2.42. The number of benzene rings is 2. The number of aliphatic hydroxyl groups excluding tert-OH is 1. The number of primary amides is 1. The Morgan fingerprint density at radius 2 is 1.97 bits per heavy atom. The number of carbonyl (C=O) groups is 2. The van der Waals surface area contributed by atoms with Crippen LogP contribution in [0.5, 0.6) is 5.75 Å². The Morgan fingerprint density at radius 3 is 2.58 bits per heavy atom. The van der Waals surface area contributed by atoms with E-state index in [4.69, 9.17) is 22.1 Å². The van der Waals surface area contributed by atoms with Crippen LogP contribution in [0.1, 0.15) is 31.9 Å². The van der Waals surface area contributed by atoms with Crippen LogP contribution < -0.4 is 10.5 Å². The van der Waals surface area contributed by atoms with Crippen molar-refractivity contribution in [1.82, 2.24) is 4.90 Å². The number of ether oxygens (including phenoxy) is 1. The number of hydrogen-bond acceptors (Lipinski definition) is 6. The van der Waals surface area contributed by atoms with Gasteiger partial charge in [0.15, 0.2) is 6.61 Å². The molecule has 2 aliphatic heterocycles. The van der Waals surface area contributed by atoms with E-state index in [0.29, 0.717) is 5.56 Å². The molecular weight excluding hydrogens is 513 g/mol. The maximum atomic E-state index is 13.7. The summed E-state index contributed by atoms with van der Waals surface area (Å²) in [6, 6.07) is 7.43. The van der Waals surface area contributed by atoms with Crippen molar-refractivity contribution >= 4 is 39.2 Å². The first-order valence-electron chi connectivity index (χ1n) is 10.8. The van der Waals surface area contributed by atoms with E-state index in [9.17, 15) is 27.5 Å². The highest BCUT2D eigenvalue weighted by Gasteiger charge is 2.49. The zero-order valence-corrected chi connectivity index (χ0v) is 21.2. The van der Waals surface area contributed by atoms with Gasteiger partial charge in [-0.2, -0.15) is 12.8 Å². The van der Waals surface area contributed by atoms with E-state index in [1.165, 1.54) is 41.3 Å². The van der Waals surface area contributed by atoms with Crippen molar-refractivity contribution in [1.29, 1.82) is 0 Å². The molecule has 0 bridgehead atoms. The van der Waals surface area contributed by atoms with Crippen molar-refractivity contribution in [2.75, 3.05) is 6.61 Å². The largest absolute Gasteiger partial charge is 0.509 e. The van der Waals surface area contributed by atoms with Crippen LogP contribution in [-0.2, 0) is 26.2 Å². The topological polar surface area (TPSA) is 139 Å². The van der Waals surface area contributed by atoms with Gasteiger partial charge < -0.3 is 20.5 Å². The van der Waals surface area contributed by atoms with Crippen LogP contribution in [0.15, 0.2) is 57.0 Å². The molecule has 0 aromatic heterocycles. The fourth-order valence-electron chi connectivity index (χ4n) is 4.38. The molecule has 1 atom stereocenters. The van der Waals surface area contributed by atoms with Crippen LogP contribution in [0.3, 0.4) is 0 Å². The molecule has 2 aromatic rings. The fourth-order valence-corrected chi connectivity index (χ4v) is 5.93. The first-order valence-corrected chi connectivity index (χ1v) is 12.6. The van der Waals surface area contributed by atoms with E-state index in [2.05, 4.69) is 4.40 Å². The molecule has 0 unspecified atom stereocenters. The molecule has 4 rings (SSSR count). The minimum absolute atomic E-state index is 0.0248. The summed E-state index contributed by atoms with van der Waals surface area (Å²) in [5, 5.41) is 11.1. The van der Waals surface area contributed by atoms with Crippen molar-refractivity contribution in [2.24, 2.45) is 15.5 Å². The molecule has 9 nitrogen and oxygen atoms in total. The number of aliphatic hydroxyl groups is 1. The van der Waals surface area contributed by atoms with Gasteiger partial charge in [-0.05, 0) is 29.2 Å². The monoisotopic (exact) mass is 535 g/mol. The van der Waals surface area contributed by atoms with Crippen LogP contribution >= 0.6 is 11.6 Å². The second kappa shape index (κ2) is 8.90. The summed E-state index contributed by atoms with van der Waals surface area (Å²) >= 11 is 5.91. The quantitative estimate of drug-likeness (QED) is 0.582. The average Bonchev–Trinajstić information content (AvgIpc) is 3.18. The van der Waals surface area contributed by atoms with Crippen molar-refractivity contribution in [3.8, 4) is 5.75 Å². The van der Waals surface area contributed by atoms with Crippen molar-refractivity contribution < 1.29 is 32.2 Å². The molecular formula is C24H23ClFN3O6S. The molecule has 190 valence electrons. The van der Waals surface area contributed by atoms with Crippen molar-refractivity contribution in [2.45, 2.75) is 38.3 Å². The van der Waals surface area contributed by atoms with Crippen LogP contribution in [-0.4, -0.2) is 48.6 Å². The Kier molecular flexibility index (Phi) is 6.34. The lowest BCUT2D eigenvalue weighted by atomic mass is 9.84. The summed E-state index contributed by atoms with van der Waals surface area (Å²) < 4.78 is 48.6. The van der Waals surface area contributed by atoms with Gasteiger partial charge in [0.05, 0.1) is 11.1 Å². The first kappa shape index (κ1) is 25.6. The Balaban J connectivity index is 1.81. The van der Waals surface area contributed by atoms with Crippen molar-refractivity contribution in [3.05, 3.63) is 69.7 Å². The summed E-state index contributed by atoms with van der Waals surface area (Å²) in [5.74, 6) is -2.57. The molecule has 0 saturated heterocycles. The van der Waals surface area contributed by atoms with Gasteiger partial charge in [0.2, 0.25) is 0 Å². The number of sulfonamides is 1. The van der Waals surface area contributed by atoms with E-state index >= 15 is 0 Å². The number of fused-ring (bicyclic) bond motifs is 1. The molecule has 2 aliphatic rings. The summed E-state index contributed by atoms with van der Waals surface area (Å²) in [7, 11) is -4.32. The number of nitrogens with zero attached hydrogens (tertiary/aromatic N) is 2. The fraction of sp³-hybridized carbons (Fsp3) is 0.292. The number of hydrogen-bond donors (Lipinski definition) is 2. The van der Waals surface area contributed by atoms with E-state index < -0.39 is 45.7 Å². The molecule has 36 heavy (non-hydrogen) atoms. The number of amides is 2. The van der Waals surface area contributed by atoms with Gasteiger partial charge in [0.1, 0.15) is 33.5 Å². The minimum atomic E-state index is -4.32. The molecule has 2 amide bonds. The Bertz CT molecular complexity index is 1460. The zero-order chi connectivity index (χ0) is 26.6. The zero-order valence-electron chi connectivity index (χ0n) is 19.6. The molecule has 3 N–H and O–H groups in total. The number of halogens is 2. The normalized spacial score (nSPS) is 18.9. The summed E-state index contributed by atoms with van der Waals surface area (Å²) in [4.78, 5) is 25.9. The Labute approximate surface area is 212 Å². The van der Waals surface area contributed by atoms with Crippen LogP contribution in [0.2, 0.25) is 5.02 Å². The lowest BCUT2D eigenvalue weighted by Gasteiger charge is -2.35. The molecule has 12 heteroatoms. The van der Waals surface area contributed by atoms with Crippen LogP contribution in [0.25, 0.3) is 0 Å². The summed E-state index contributed by atoms with van der Waals surface area (Å²) in [6.45, 7) is 4.85. The summed E-state index contributed by atoms with van der Waals surface area (Å²) in [5.41, 5.74) is 4.50. The van der Waals surface area contributed by atoms with Crippen LogP contribution in [0.4, 0.5) is 4.39 Å². The molecule has 0 radical (unpaired) electrons. The number of nitrogens with two attached hydrogens (primary N) is 1. The number of carbonyl (C=O) groups excluding carboxylic acids is 2. The van der Waals surface area contributed by atoms with Crippen molar-refractivity contribution in [3.63, 3.8) is 0 Å². The second-order valence-corrected chi connectivity index (χ2v) is 11.5. The predicted octanol–water partition coefficient (Wildman–Crippen LogP) is 3.10. The van der Waals surface area contributed by atoms with Gasteiger partial charge in [-0.3, -0.25) is 9.59 Å². The van der Waals surface area contributed by atoms with Gasteiger partial charge in [-0.25, -0.2) is 4.39 Å². The SMILES string of the molecule is CC(C)(C)[C@H]1C(O)=C(C2=NS(=O)(=O)c3c(OCC(N)=O)cccc32)C(=O)N1Cc1ccc(F)c(Cl)c1. The Morgan fingerprint density at radius 1 is 1.28 bits per heavy atom. The van der Waals surface area contributed by atoms with Gasteiger partial charge in [-0.1, -0.05) is 50.6 Å². The molecule has 0 fully saturated rings. The lowest BCUT2D eigenvalue weighted by molar-refractivity contribution is -0.129. The highest BCUT2D eigenvalue weighted by molar-refractivity contribution is 7.91. The first-order chi connectivity index (χ1) is 16.7. The third kappa shape index (κ3) is 4.44. The van der Waals surface area contributed by atoms with Gasteiger partial charge in [-0.15, -0.1) is 0 Å². The van der Waals surface area contributed by atoms with Gasteiger partial charge >= 0.3 is 0 Å². The predicted molar refractivity (Wildman–Crippen MR) is 130 cm³/mol. The van der Waals surface area contributed by atoms with Gasteiger partial charge in [0, 0.05) is 12.1 Å². The van der Waals surface area contributed by atoms with E-state index in [1.54, 1.807) is 0 Å². The molecule has 0 saturated carbocycles. The van der Waals surface area contributed by atoms with Gasteiger partial charge in [0.25, 0.3) is 21.8 Å². The standard InChI is InChI=1S/C24H23ClFN3O6S/c1-24(2,3)22-20(31)18(23(32)29(22)10-12-7-8-15(26)14(25)9-12)19-13-5-4-6-16(35-11-17(27)30)21(13)36(33,34)28-19/h4-9,22,31H,10-11H2,1-3H3,(H2,27,30)/t22-/m1/s1. The van der Waals surface area contributed by atoms with E-state index in [-0.39, 0.29) is 44.8 Å². The average molecular weight is 536 g/mol. The van der Waals surface area contributed by atoms with Crippen LogP contribution in [0, 0.1) is 11.2 Å². The molecule has 2 aromatic carbocycles. The molecule has 0 spiro atoms. The maximum Gasteiger partial charge on any atom is 0.287 e. The third-order valence-electron chi connectivity index (χ3n) is 5.77. The second-order valence-electron chi connectivity index (χ2n) is 9.51. The lowest BCUT2D eigenvalue weighted by Crippen LogP contribution is -2.43. The molecule has 0 aliphatic carbocycles. The summed E-state index contributed by atoms with van der Waals surface area (Å²) in [6.07, 6.45) is 0.